The van der Waals surface area contributed by atoms with Crippen LogP contribution in [0.1, 0.15) is 12.5 Å². The van der Waals surface area contributed by atoms with Crippen LogP contribution >= 0.6 is 11.6 Å². The van der Waals surface area contributed by atoms with E-state index >= 15 is 0 Å². The van der Waals surface area contributed by atoms with E-state index in [-0.39, 0.29) is 17.2 Å². The normalized spacial score (nSPS) is 11.2. The predicted octanol–water partition coefficient (Wildman–Crippen LogP) is 2.82. The maximum absolute atomic E-state index is 12.0. The third kappa shape index (κ3) is 5.06. The Morgan fingerprint density at radius 3 is 2.22 bits per heavy atom. The molecule has 2 N–H and O–H groups in total. The van der Waals surface area contributed by atoms with Crippen molar-refractivity contribution >= 4 is 33.2 Å². The molecule has 0 aliphatic rings. The lowest BCUT2D eigenvalue weighted by atomic mass is 10.1. The number of rotatable bonds is 6. The van der Waals surface area contributed by atoms with E-state index in [2.05, 4.69) is 10.0 Å². The van der Waals surface area contributed by atoms with E-state index in [0.29, 0.717) is 17.3 Å². The topological polar surface area (TPSA) is 75.3 Å². The van der Waals surface area contributed by atoms with Crippen LogP contribution in [0, 0.1) is 0 Å². The van der Waals surface area contributed by atoms with Gasteiger partial charge < -0.3 is 5.32 Å². The molecule has 0 saturated carbocycles. The number of anilines is 1. The quantitative estimate of drug-likeness (QED) is 0.839. The van der Waals surface area contributed by atoms with Crippen LogP contribution in [0.25, 0.3) is 0 Å². The molecule has 0 aliphatic carbocycles. The maximum atomic E-state index is 12.0. The third-order valence-electron chi connectivity index (χ3n) is 3.06. The van der Waals surface area contributed by atoms with Crippen molar-refractivity contribution in [1.29, 1.82) is 0 Å². The predicted molar refractivity (Wildman–Crippen MR) is 91.1 cm³/mol. The Bertz CT molecular complexity index is 772. The van der Waals surface area contributed by atoms with Crippen molar-refractivity contribution in [3.63, 3.8) is 0 Å². The Hall–Kier alpha value is -1.89. The Kier molecular flexibility index (Phi) is 5.76. The molecule has 2 aromatic carbocycles. The highest BCUT2D eigenvalue weighted by Crippen LogP contribution is 2.15. The smallest absolute Gasteiger partial charge is 0.240 e. The van der Waals surface area contributed by atoms with E-state index in [0.717, 1.165) is 5.56 Å². The summed E-state index contributed by atoms with van der Waals surface area (Å²) in [5.74, 6) is -0.186. The van der Waals surface area contributed by atoms with Gasteiger partial charge in [0.1, 0.15) is 0 Å². The second-order valence-corrected chi connectivity index (χ2v) is 7.08. The van der Waals surface area contributed by atoms with Crippen LogP contribution in [0.15, 0.2) is 53.4 Å². The molecule has 122 valence electrons. The minimum Gasteiger partial charge on any atom is -0.326 e. The molecule has 0 bridgehead atoms. The molecule has 5 nitrogen and oxygen atoms in total. The zero-order valence-corrected chi connectivity index (χ0v) is 14.1. The van der Waals surface area contributed by atoms with Gasteiger partial charge in [-0.3, -0.25) is 4.79 Å². The molecule has 0 aromatic heterocycles. The van der Waals surface area contributed by atoms with Crippen LogP contribution in [0.4, 0.5) is 5.69 Å². The molecule has 2 aromatic rings. The molecular formula is C16H17ClN2O3S. The first-order chi connectivity index (χ1) is 10.9. The molecule has 2 rings (SSSR count). The number of carbonyl (C=O) groups is 1. The molecule has 23 heavy (non-hydrogen) atoms. The largest absolute Gasteiger partial charge is 0.326 e. The summed E-state index contributed by atoms with van der Waals surface area (Å²) >= 11 is 5.80. The average molecular weight is 353 g/mol. The second-order valence-electron chi connectivity index (χ2n) is 4.88. The number of hydrogen-bond donors (Lipinski definition) is 2. The van der Waals surface area contributed by atoms with Crippen molar-refractivity contribution in [2.24, 2.45) is 0 Å². The molecule has 0 aliphatic heterocycles. The number of nitrogens with one attached hydrogen (secondary N) is 2. The summed E-state index contributed by atoms with van der Waals surface area (Å²) in [6, 6.07) is 13.1. The van der Waals surface area contributed by atoms with Gasteiger partial charge in [-0.25, -0.2) is 13.1 Å². The van der Waals surface area contributed by atoms with Crippen molar-refractivity contribution in [3.05, 3.63) is 59.1 Å². The molecular weight excluding hydrogens is 336 g/mol. The zero-order valence-electron chi connectivity index (χ0n) is 12.5. The summed E-state index contributed by atoms with van der Waals surface area (Å²) in [5, 5.41) is 3.35. The molecule has 0 heterocycles. The highest BCUT2D eigenvalue weighted by Gasteiger charge is 2.12. The van der Waals surface area contributed by atoms with Gasteiger partial charge in [0.15, 0.2) is 0 Å². The van der Waals surface area contributed by atoms with Crippen LogP contribution in [-0.4, -0.2) is 20.9 Å². The lowest BCUT2D eigenvalue weighted by Gasteiger charge is -2.08. The van der Waals surface area contributed by atoms with Crippen molar-refractivity contribution in [1.82, 2.24) is 4.72 Å². The molecule has 0 spiro atoms. The van der Waals surface area contributed by atoms with Gasteiger partial charge in [0.05, 0.1) is 11.3 Å². The first-order valence-electron chi connectivity index (χ1n) is 7.05. The molecule has 0 unspecified atom stereocenters. The van der Waals surface area contributed by atoms with E-state index in [9.17, 15) is 13.2 Å². The van der Waals surface area contributed by atoms with E-state index < -0.39 is 10.0 Å². The SMILES string of the molecule is CCNS(=O)(=O)c1ccc(NC(=O)Cc2ccc(Cl)cc2)cc1. The number of hydrogen-bond acceptors (Lipinski definition) is 3. The first kappa shape index (κ1) is 17.5. The van der Waals surface area contributed by atoms with Crippen molar-refractivity contribution in [3.8, 4) is 0 Å². The Balaban J connectivity index is 2.00. The monoisotopic (exact) mass is 352 g/mol. The van der Waals surface area contributed by atoms with E-state index in [1.807, 2.05) is 0 Å². The number of benzene rings is 2. The summed E-state index contributed by atoms with van der Waals surface area (Å²) in [5.41, 5.74) is 1.39. The fourth-order valence-electron chi connectivity index (χ4n) is 1.98. The minimum absolute atomic E-state index is 0.162. The highest BCUT2D eigenvalue weighted by atomic mass is 35.5. The van der Waals surface area contributed by atoms with Gasteiger partial charge in [0.25, 0.3) is 0 Å². The Morgan fingerprint density at radius 1 is 1.04 bits per heavy atom. The van der Waals surface area contributed by atoms with Gasteiger partial charge in [-0.1, -0.05) is 30.7 Å². The average Bonchev–Trinajstić information content (AvgIpc) is 2.50. The molecule has 7 heteroatoms. The number of carbonyl (C=O) groups excluding carboxylic acids is 1. The molecule has 0 radical (unpaired) electrons. The number of halogens is 1. The van der Waals surface area contributed by atoms with Crippen LogP contribution < -0.4 is 10.0 Å². The van der Waals surface area contributed by atoms with Gasteiger partial charge in [0, 0.05) is 17.3 Å². The fourth-order valence-corrected chi connectivity index (χ4v) is 3.15. The lowest BCUT2D eigenvalue weighted by Crippen LogP contribution is -2.23. The molecule has 0 fully saturated rings. The number of amides is 1. The zero-order chi connectivity index (χ0) is 16.9. The standard InChI is InChI=1S/C16H17ClN2O3S/c1-2-18-23(21,22)15-9-7-14(8-10-15)19-16(20)11-12-3-5-13(17)6-4-12/h3-10,18H,2,11H2,1H3,(H,19,20). The summed E-state index contributed by atoms with van der Waals surface area (Å²) < 4.78 is 26.1. The van der Waals surface area contributed by atoms with E-state index in [1.54, 1.807) is 43.3 Å². The van der Waals surface area contributed by atoms with Gasteiger partial charge in [-0.2, -0.15) is 0 Å². The highest BCUT2D eigenvalue weighted by molar-refractivity contribution is 7.89. The van der Waals surface area contributed by atoms with Gasteiger partial charge >= 0.3 is 0 Å². The van der Waals surface area contributed by atoms with Crippen LogP contribution in [0.3, 0.4) is 0 Å². The summed E-state index contributed by atoms with van der Waals surface area (Å²) in [6.45, 7) is 2.03. The summed E-state index contributed by atoms with van der Waals surface area (Å²) in [4.78, 5) is 12.1. The van der Waals surface area contributed by atoms with Gasteiger partial charge in [-0.05, 0) is 42.0 Å². The van der Waals surface area contributed by atoms with Crippen molar-refractivity contribution < 1.29 is 13.2 Å². The van der Waals surface area contributed by atoms with E-state index in [4.69, 9.17) is 11.6 Å². The maximum Gasteiger partial charge on any atom is 0.240 e. The summed E-state index contributed by atoms with van der Waals surface area (Å²) in [6.07, 6.45) is 0.217. The van der Waals surface area contributed by atoms with Crippen molar-refractivity contribution in [2.45, 2.75) is 18.2 Å². The molecule has 1 amide bonds. The first-order valence-corrected chi connectivity index (χ1v) is 8.91. The van der Waals surface area contributed by atoms with Crippen LogP contribution in [0.2, 0.25) is 5.02 Å². The Morgan fingerprint density at radius 2 is 1.65 bits per heavy atom. The number of sulfonamides is 1. The van der Waals surface area contributed by atoms with Gasteiger partial charge in [0.2, 0.25) is 15.9 Å². The van der Waals surface area contributed by atoms with Gasteiger partial charge in [-0.15, -0.1) is 0 Å². The second kappa shape index (κ2) is 7.59. The molecule has 0 atom stereocenters. The Labute approximate surface area is 140 Å². The fraction of sp³-hybridized carbons (Fsp3) is 0.188. The van der Waals surface area contributed by atoms with Crippen LogP contribution in [-0.2, 0) is 21.2 Å². The van der Waals surface area contributed by atoms with E-state index in [1.165, 1.54) is 12.1 Å². The van der Waals surface area contributed by atoms with Crippen molar-refractivity contribution in [2.75, 3.05) is 11.9 Å². The molecule has 0 saturated heterocycles. The van der Waals surface area contributed by atoms with Crippen LogP contribution in [0.5, 0.6) is 0 Å². The lowest BCUT2D eigenvalue weighted by molar-refractivity contribution is -0.115. The third-order valence-corrected chi connectivity index (χ3v) is 4.87. The summed E-state index contributed by atoms with van der Waals surface area (Å²) in [7, 11) is -3.48. The minimum atomic E-state index is -3.48.